The lowest BCUT2D eigenvalue weighted by molar-refractivity contribution is 0.221. The van der Waals surface area contributed by atoms with E-state index < -0.39 is 6.10 Å². The van der Waals surface area contributed by atoms with Gasteiger partial charge in [-0.25, -0.2) is 0 Å². The molecule has 3 heteroatoms. The van der Waals surface area contributed by atoms with Gasteiger partial charge in [0.15, 0.2) is 0 Å². The van der Waals surface area contributed by atoms with Crippen molar-refractivity contribution in [2.75, 3.05) is 0 Å². The Hall–Kier alpha value is -2.15. The topological polar surface area (TPSA) is 40.5 Å². The Morgan fingerprint density at radius 2 is 1.48 bits per heavy atom. The van der Waals surface area contributed by atoms with Crippen LogP contribution in [0.5, 0.6) is 5.75 Å². The number of aryl methyl sites for hydroxylation is 1. The predicted octanol–water partition coefficient (Wildman–Crippen LogP) is 4.71. The molecule has 0 spiro atoms. The van der Waals surface area contributed by atoms with E-state index in [0.717, 1.165) is 27.3 Å². The van der Waals surface area contributed by atoms with Crippen molar-refractivity contribution in [1.29, 1.82) is 0 Å². The van der Waals surface area contributed by atoms with Crippen LogP contribution in [0.15, 0.2) is 66.7 Å². The van der Waals surface area contributed by atoms with Gasteiger partial charge in [-0.3, -0.25) is 0 Å². The third kappa shape index (κ3) is 4.40. The molecule has 3 aromatic carbocycles. The maximum absolute atomic E-state index is 10.9. The van der Waals surface area contributed by atoms with Crippen LogP contribution in [0.3, 0.4) is 0 Å². The van der Waals surface area contributed by atoms with Crippen LogP contribution in [0, 0.1) is 6.92 Å². The van der Waals surface area contributed by atoms with Gasteiger partial charge in [0.1, 0.15) is 11.9 Å². The van der Waals surface area contributed by atoms with Crippen LogP contribution in [-0.2, 0) is 5.41 Å². The summed E-state index contributed by atoms with van der Waals surface area (Å²) in [4.78, 5) is 0. The smallest absolute Gasteiger partial charge is 0.126 e. The Kier molecular flexibility index (Phi) is 5.69. The molecule has 0 bridgehead atoms. The lowest BCUT2D eigenvalue weighted by atomic mass is 9.86. The molecule has 27 heavy (non-hydrogen) atoms. The summed E-state index contributed by atoms with van der Waals surface area (Å²) >= 11 is 0. The lowest BCUT2D eigenvalue weighted by Crippen LogP contribution is -2.17. The zero-order valence-corrected chi connectivity index (χ0v) is 17.3. The molecule has 0 amide bonds. The number of hydrogen-bond donors (Lipinski definition) is 2. The Balaban J connectivity index is 2.02. The van der Waals surface area contributed by atoms with Crippen LogP contribution in [-0.4, -0.2) is 10.2 Å². The monoisotopic (exact) mass is 378 g/mol. The molecule has 0 aliphatic heterocycles. The van der Waals surface area contributed by atoms with Crippen molar-refractivity contribution in [3.63, 3.8) is 0 Å². The number of aliphatic hydroxyl groups is 1. The second kappa shape index (κ2) is 7.84. The highest BCUT2D eigenvalue weighted by molar-refractivity contribution is 7.55. The first-order chi connectivity index (χ1) is 12.8. The Bertz CT molecular complexity index is 927. The molecular formula is C24H27O2P. The first-order valence-corrected chi connectivity index (χ1v) is 10.2. The molecule has 2 unspecified atom stereocenters. The third-order valence-corrected chi connectivity index (χ3v) is 6.18. The number of aliphatic hydroxyl groups excluding tert-OH is 1. The van der Waals surface area contributed by atoms with Crippen LogP contribution in [0.1, 0.15) is 49.1 Å². The predicted molar refractivity (Wildman–Crippen MR) is 116 cm³/mol. The highest BCUT2D eigenvalue weighted by atomic mass is 31.1. The second-order valence-corrected chi connectivity index (χ2v) is 9.29. The van der Waals surface area contributed by atoms with Crippen molar-refractivity contribution in [3.05, 3.63) is 89.0 Å². The number of phenolic OH excluding ortho intramolecular Hbond substituents is 1. The molecular weight excluding hydrogens is 351 g/mol. The second-order valence-electron chi connectivity index (χ2n) is 7.96. The summed E-state index contributed by atoms with van der Waals surface area (Å²) in [5, 5.41) is 23.5. The highest BCUT2D eigenvalue weighted by Crippen LogP contribution is 2.31. The van der Waals surface area contributed by atoms with Gasteiger partial charge in [-0.15, -0.1) is 0 Å². The molecule has 0 saturated heterocycles. The molecule has 0 saturated carbocycles. The van der Waals surface area contributed by atoms with Gasteiger partial charge < -0.3 is 10.2 Å². The van der Waals surface area contributed by atoms with Gasteiger partial charge >= 0.3 is 0 Å². The fourth-order valence-corrected chi connectivity index (χ4v) is 4.49. The molecule has 0 aromatic heterocycles. The maximum atomic E-state index is 10.9. The average molecular weight is 378 g/mol. The van der Waals surface area contributed by atoms with E-state index in [0.29, 0.717) is 5.75 Å². The van der Waals surface area contributed by atoms with Gasteiger partial charge in [-0.05, 0) is 46.0 Å². The molecule has 2 N–H and O–H groups in total. The van der Waals surface area contributed by atoms with Crippen LogP contribution in [0.25, 0.3) is 0 Å². The van der Waals surface area contributed by atoms with Crippen molar-refractivity contribution >= 4 is 19.2 Å². The van der Waals surface area contributed by atoms with Gasteiger partial charge in [0.25, 0.3) is 0 Å². The largest absolute Gasteiger partial charge is 0.507 e. The SMILES string of the molecule is Cc1cc(C(C)(C)C)cc(Pc2ccccc2C(O)c2ccccc2)c1O. The molecule has 0 aliphatic carbocycles. The minimum Gasteiger partial charge on any atom is -0.507 e. The molecule has 140 valence electrons. The number of benzene rings is 3. The van der Waals surface area contributed by atoms with E-state index in [9.17, 15) is 10.2 Å². The van der Waals surface area contributed by atoms with Gasteiger partial charge in [-0.1, -0.05) is 90.0 Å². The van der Waals surface area contributed by atoms with E-state index in [1.165, 1.54) is 5.56 Å². The molecule has 0 radical (unpaired) electrons. The molecule has 0 fully saturated rings. The summed E-state index contributed by atoms with van der Waals surface area (Å²) in [5.74, 6) is 0.352. The molecule has 3 rings (SSSR count). The summed E-state index contributed by atoms with van der Waals surface area (Å²) in [6.07, 6.45) is -0.677. The minimum atomic E-state index is -0.677. The van der Waals surface area contributed by atoms with Gasteiger partial charge in [0.05, 0.1) is 0 Å². The number of rotatable bonds is 4. The first kappa shape index (κ1) is 19.6. The fourth-order valence-electron chi connectivity index (χ4n) is 3.12. The Morgan fingerprint density at radius 1 is 0.852 bits per heavy atom. The van der Waals surface area contributed by atoms with Crippen molar-refractivity contribution in [2.45, 2.75) is 39.2 Å². The molecule has 0 heterocycles. The van der Waals surface area contributed by atoms with Crippen molar-refractivity contribution < 1.29 is 10.2 Å². The van der Waals surface area contributed by atoms with Gasteiger partial charge in [0.2, 0.25) is 0 Å². The number of aromatic hydroxyl groups is 1. The fraction of sp³-hybridized carbons (Fsp3) is 0.250. The standard InChI is InChI=1S/C24H27O2P/c1-16-14-18(24(2,3)4)15-21(22(16)25)27-20-13-9-8-12-19(20)23(26)17-10-6-5-7-11-17/h5-15,23,25-27H,1-4H3. The zero-order valence-electron chi connectivity index (χ0n) is 16.3. The summed E-state index contributed by atoms with van der Waals surface area (Å²) in [6.45, 7) is 8.49. The normalized spacial score (nSPS) is 13.2. The van der Waals surface area contributed by atoms with E-state index in [-0.39, 0.29) is 14.0 Å². The summed E-state index contributed by atoms with van der Waals surface area (Å²) in [5.41, 5.74) is 3.88. The highest BCUT2D eigenvalue weighted by Gasteiger charge is 2.19. The minimum absolute atomic E-state index is 0.0146. The van der Waals surface area contributed by atoms with Gasteiger partial charge in [0, 0.05) is 5.30 Å². The molecule has 2 nitrogen and oxygen atoms in total. The third-order valence-electron chi connectivity index (χ3n) is 4.81. The van der Waals surface area contributed by atoms with E-state index in [1.807, 2.05) is 61.5 Å². The number of hydrogen-bond acceptors (Lipinski definition) is 2. The quantitative estimate of drug-likeness (QED) is 0.646. The number of phenols is 1. The van der Waals surface area contributed by atoms with Crippen molar-refractivity contribution in [2.24, 2.45) is 0 Å². The van der Waals surface area contributed by atoms with E-state index >= 15 is 0 Å². The van der Waals surface area contributed by atoms with Crippen LogP contribution < -0.4 is 10.6 Å². The summed E-state index contributed by atoms with van der Waals surface area (Å²) in [7, 11) is 0.274. The lowest BCUT2D eigenvalue weighted by Gasteiger charge is -2.22. The molecule has 2 atom stereocenters. The molecule has 3 aromatic rings. The van der Waals surface area contributed by atoms with Crippen molar-refractivity contribution in [3.8, 4) is 5.75 Å². The van der Waals surface area contributed by atoms with Crippen LogP contribution in [0.2, 0.25) is 0 Å². The van der Waals surface area contributed by atoms with E-state index in [1.54, 1.807) is 0 Å². The van der Waals surface area contributed by atoms with Gasteiger partial charge in [-0.2, -0.15) is 0 Å². The summed E-state index contributed by atoms with van der Waals surface area (Å²) < 4.78 is 0. The average Bonchev–Trinajstić information content (AvgIpc) is 2.65. The van der Waals surface area contributed by atoms with Crippen molar-refractivity contribution in [1.82, 2.24) is 0 Å². The van der Waals surface area contributed by atoms with Crippen LogP contribution in [0.4, 0.5) is 0 Å². The Labute approximate surface area is 163 Å². The Morgan fingerprint density at radius 3 is 2.15 bits per heavy atom. The van der Waals surface area contributed by atoms with E-state index in [4.69, 9.17) is 0 Å². The zero-order chi connectivity index (χ0) is 19.6. The maximum Gasteiger partial charge on any atom is 0.126 e. The summed E-state index contributed by atoms with van der Waals surface area (Å²) in [6, 6.07) is 21.8. The molecule has 0 aliphatic rings. The van der Waals surface area contributed by atoms with E-state index in [2.05, 4.69) is 32.9 Å². The first-order valence-electron chi connectivity index (χ1n) is 9.20. The van der Waals surface area contributed by atoms with Crippen LogP contribution >= 0.6 is 8.58 Å².